The Kier molecular flexibility index (Phi) is 5.47. The number of amidine groups is 1. The van der Waals surface area contributed by atoms with E-state index in [2.05, 4.69) is 26.2 Å². The highest BCUT2D eigenvalue weighted by Crippen LogP contribution is 2.41. The van der Waals surface area contributed by atoms with Crippen LogP contribution < -0.4 is 5.32 Å². The molecule has 1 heterocycles. The third-order valence-electron chi connectivity index (χ3n) is 4.31. The summed E-state index contributed by atoms with van der Waals surface area (Å²) in [4.78, 5) is 15.8. The SMILES string of the molecule is C[C@@]1(c2cc(Br)ccc2F)C[C@@H](C(F)(F)F)N=C(NC(=O)c2ccccc2)O1. The molecular formula is C19H15BrF4N2O2. The van der Waals surface area contributed by atoms with Crippen molar-refractivity contribution in [3.63, 3.8) is 0 Å². The minimum atomic E-state index is -4.68. The lowest BCUT2D eigenvalue weighted by Gasteiger charge is -2.38. The summed E-state index contributed by atoms with van der Waals surface area (Å²) in [5.41, 5.74) is -1.54. The highest BCUT2D eigenvalue weighted by atomic mass is 79.9. The first-order chi connectivity index (χ1) is 13.1. The van der Waals surface area contributed by atoms with Crippen molar-refractivity contribution in [3.05, 3.63) is 69.9 Å². The Morgan fingerprint density at radius 3 is 2.57 bits per heavy atom. The summed E-state index contributed by atoms with van der Waals surface area (Å²) in [5.74, 6) is -1.40. The van der Waals surface area contributed by atoms with Crippen molar-refractivity contribution in [2.45, 2.75) is 31.2 Å². The Bertz CT molecular complexity index is 918. The third kappa shape index (κ3) is 4.35. The fraction of sp³-hybridized carbons (Fsp3) is 0.263. The fourth-order valence-corrected chi connectivity index (χ4v) is 3.27. The average Bonchev–Trinajstić information content (AvgIpc) is 2.63. The van der Waals surface area contributed by atoms with Crippen LogP contribution in [0.1, 0.15) is 29.3 Å². The van der Waals surface area contributed by atoms with Crippen LogP contribution in [-0.4, -0.2) is 24.1 Å². The van der Waals surface area contributed by atoms with Crippen LogP contribution in [0.15, 0.2) is 58.0 Å². The van der Waals surface area contributed by atoms with Gasteiger partial charge in [-0.3, -0.25) is 10.1 Å². The number of benzene rings is 2. The van der Waals surface area contributed by atoms with Gasteiger partial charge in [-0.1, -0.05) is 34.1 Å². The Balaban J connectivity index is 1.96. The van der Waals surface area contributed by atoms with Crippen LogP contribution in [0.3, 0.4) is 0 Å². The molecule has 2 aromatic carbocycles. The summed E-state index contributed by atoms with van der Waals surface area (Å²) < 4.78 is 60.7. The zero-order valence-electron chi connectivity index (χ0n) is 14.6. The molecule has 148 valence electrons. The molecule has 0 saturated carbocycles. The lowest BCUT2D eigenvalue weighted by Crippen LogP contribution is -2.48. The molecule has 4 nitrogen and oxygen atoms in total. The molecule has 0 bridgehead atoms. The highest BCUT2D eigenvalue weighted by molar-refractivity contribution is 9.10. The van der Waals surface area contributed by atoms with Crippen molar-refractivity contribution in [1.82, 2.24) is 5.32 Å². The van der Waals surface area contributed by atoms with Gasteiger partial charge in [0.15, 0.2) is 6.04 Å². The number of ether oxygens (including phenoxy) is 1. The van der Waals surface area contributed by atoms with Gasteiger partial charge in [0.2, 0.25) is 0 Å². The normalized spacial score (nSPS) is 22.2. The Hall–Kier alpha value is -2.42. The summed E-state index contributed by atoms with van der Waals surface area (Å²) in [6, 6.07) is 9.04. The number of rotatable bonds is 2. The van der Waals surface area contributed by atoms with Gasteiger partial charge in [0.05, 0.1) is 0 Å². The molecule has 28 heavy (non-hydrogen) atoms. The number of aliphatic imine (C=N–C) groups is 1. The number of carbonyl (C=O) groups is 1. The molecule has 2 aromatic rings. The van der Waals surface area contributed by atoms with Crippen molar-refractivity contribution in [1.29, 1.82) is 0 Å². The standard InChI is InChI=1S/C19H15BrF4N2O2/c1-18(13-9-12(20)7-8-14(13)21)10-15(19(22,23)24)25-17(28-18)26-16(27)11-5-3-2-4-6-11/h2-9,15H,10H2,1H3,(H,25,26,27)/t15-,18-/m0/s1. The zero-order valence-corrected chi connectivity index (χ0v) is 16.1. The number of nitrogens with one attached hydrogen (secondary N) is 1. The smallest absolute Gasteiger partial charge is 0.411 e. The zero-order chi connectivity index (χ0) is 20.5. The van der Waals surface area contributed by atoms with Crippen molar-refractivity contribution in [2.24, 2.45) is 4.99 Å². The third-order valence-corrected chi connectivity index (χ3v) is 4.80. The van der Waals surface area contributed by atoms with Crippen LogP contribution in [-0.2, 0) is 10.3 Å². The second-order valence-electron chi connectivity index (χ2n) is 6.47. The van der Waals surface area contributed by atoms with Crippen molar-refractivity contribution < 1.29 is 27.1 Å². The van der Waals surface area contributed by atoms with E-state index >= 15 is 0 Å². The molecule has 0 spiro atoms. The number of nitrogens with zero attached hydrogens (tertiary/aromatic N) is 1. The van der Waals surface area contributed by atoms with E-state index in [0.717, 1.165) is 6.07 Å². The number of hydrogen-bond acceptors (Lipinski definition) is 3. The van der Waals surface area contributed by atoms with Crippen LogP contribution >= 0.6 is 15.9 Å². The van der Waals surface area contributed by atoms with Gasteiger partial charge in [-0.2, -0.15) is 13.2 Å². The van der Waals surface area contributed by atoms with Crippen LogP contribution in [0, 0.1) is 5.82 Å². The van der Waals surface area contributed by atoms with E-state index in [0.29, 0.717) is 4.47 Å². The molecule has 3 rings (SSSR count). The van der Waals surface area contributed by atoms with Gasteiger partial charge in [0.25, 0.3) is 11.9 Å². The highest BCUT2D eigenvalue weighted by Gasteiger charge is 2.50. The van der Waals surface area contributed by atoms with Gasteiger partial charge < -0.3 is 4.74 Å². The topological polar surface area (TPSA) is 50.7 Å². The predicted octanol–water partition coefficient (Wildman–Crippen LogP) is 4.94. The second kappa shape index (κ2) is 7.54. The summed E-state index contributed by atoms with van der Waals surface area (Å²) in [5, 5.41) is 2.25. The molecule has 0 unspecified atom stereocenters. The van der Waals surface area contributed by atoms with Crippen molar-refractivity contribution in [2.75, 3.05) is 0 Å². The van der Waals surface area contributed by atoms with E-state index in [1.807, 2.05) is 0 Å². The van der Waals surface area contributed by atoms with Crippen LogP contribution in [0.2, 0.25) is 0 Å². The lowest BCUT2D eigenvalue weighted by molar-refractivity contribution is -0.164. The van der Waals surface area contributed by atoms with E-state index < -0.39 is 42.0 Å². The maximum absolute atomic E-state index is 14.4. The van der Waals surface area contributed by atoms with Crippen molar-refractivity contribution in [3.8, 4) is 0 Å². The maximum atomic E-state index is 14.4. The summed E-state index contributed by atoms with van der Waals surface area (Å²) in [6.45, 7) is 1.33. The molecule has 1 aliphatic heterocycles. The van der Waals surface area contributed by atoms with Gasteiger partial charge in [-0.05, 0) is 37.3 Å². The van der Waals surface area contributed by atoms with E-state index in [-0.39, 0.29) is 11.1 Å². The molecule has 0 saturated heterocycles. The fourth-order valence-electron chi connectivity index (χ4n) is 2.91. The average molecular weight is 459 g/mol. The number of amides is 1. The minimum Gasteiger partial charge on any atom is -0.454 e. The van der Waals surface area contributed by atoms with Crippen LogP contribution in [0.4, 0.5) is 17.6 Å². The molecule has 1 aliphatic rings. The van der Waals surface area contributed by atoms with Gasteiger partial charge in [0, 0.05) is 22.0 Å². The Morgan fingerprint density at radius 1 is 1.25 bits per heavy atom. The number of carbonyl (C=O) groups excluding carboxylic acids is 1. The molecule has 1 N–H and O–H groups in total. The monoisotopic (exact) mass is 458 g/mol. The molecule has 0 radical (unpaired) electrons. The first-order valence-electron chi connectivity index (χ1n) is 8.24. The van der Waals surface area contributed by atoms with Gasteiger partial charge in [0.1, 0.15) is 11.4 Å². The molecular weight excluding hydrogens is 444 g/mol. The number of hydrogen-bond donors (Lipinski definition) is 1. The number of halogens is 5. The van der Waals surface area contributed by atoms with Gasteiger partial charge >= 0.3 is 6.18 Å². The van der Waals surface area contributed by atoms with E-state index in [4.69, 9.17) is 4.74 Å². The van der Waals surface area contributed by atoms with Crippen LogP contribution in [0.25, 0.3) is 0 Å². The van der Waals surface area contributed by atoms with E-state index in [1.165, 1.54) is 31.2 Å². The molecule has 0 fully saturated rings. The quantitative estimate of drug-likeness (QED) is 0.647. The van der Waals surface area contributed by atoms with Crippen LogP contribution in [0.5, 0.6) is 0 Å². The molecule has 9 heteroatoms. The molecule has 2 atom stereocenters. The predicted molar refractivity (Wildman–Crippen MR) is 98.3 cm³/mol. The first kappa shape index (κ1) is 20.3. The minimum absolute atomic E-state index is 0.0718. The second-order valence-corrected chi connectivity index (χ2v) is 7.39. The summed E-state index contributed by atoms with van der Waals surface area (Å²) >= 11 is 3.18. The molecule has 1 amide bonds. The summed E-state index contributed by atoms with van der Waals surface area (Å²) in [6.07, 6.45) is -5.31. The Morgan fingerprint density at radius 2 is 1.93 bits per heavy atom. The molecule has 0 aliphatic carbocycles. The maximum Gasteiger partial charge on any atom is 0.411 e. The van der Waals surface area contributed by atoms with Gasteiger partial charge in [-0.25, -0.2) is 9.38 Å². The van der Waals surface area contributed by atoms with E-state index in [1.54, 1.807) is 18.2 Å². The number of alkyl halides is 3. The molecule has 0 aromatic heterocycles. The summed E-state index contributed by atoms with van der Waals surface area (Å²) in [7, 11) is 0. The van der Waals surface area contributed by atoms with E-state index in [9.17, 15) is 22.4 Å². The largest absolute Gasteiger partial charge is 0.454 e. The Labute approximate surface area is 166 Å². The van der Waals surface area contributed by atoms with Gasteiger partial charge in [-0.15, -0.1) is 0 Å². The lowest BCUT2D eigenvalue weighted by atomic mass is 9.87. The van der Waals surface area contributed by atoms with Crippen molar-refractivity contribution >= 4 is 27.9 Å². The first-order valence-corrected chi connectivity index (χ1v) is 9.03.